The van der Waals surface area contributed by atoms with Gasteiger partial charge in [0.05, 0.1) is 23.5 Å². The van der Waals surface area contributed by atoms with Gasteiger partial charge in [-0.3, -0.25) is 10.4 Å². The average molecular weight is 454 g/mol. The summed E-state index contributed by atoms with van der Waals surface area (Å²) in [5.41, 5.74) is 8.04. The van der Waals surface area contributed by atoms with Crippen LogP contribution in [-0.4, -0.2) is 17.3 Å². The second-order valence-corrected chi connectivity index (χ2v) is 8.13. The first-order valence-corrected chi connectivity index (χ1v) is 11.0. The monoisotopic (exact) mass is 453 g/mol. The van der Waals surface area contributed by atoms with Crippen LogP contribution in [0.15, 0.2) is 58.1 Å². The van der Waals surface area contributed by atoms with Gasteiger partial charge in [-0.25, -0.2) is 0 Å². The maximum Gasteiger partial charge on any atom is 0.119 e. The molecule has 1 heterocycles. The van der Waals surface area contributed by atoms with Crippen molar-refractivity contribution in [1.29, 1.82) is 0 Å². The van der Waals surface area contributed by atoms with Crippen molar-refractivity contribution in [1.82, 2.24) is 4.98 Å². The smallest absolute Gasteiger partial charge is 0.119 e. The van der Waals surface area contributed by atoms with Crippen molar-refractivity contribution in [3.05, 3.63) is 64.3 Å². The highest BCUT2D eigenvalue weighted by atomic mass is 79.9. The van der Waals surface area contributed by atoms with Gasteiger partial charge in [-0.15, -0.1) is 0 Å². The van der Waals surface area contributed by atoms with Crippen LogP contribution in [0.25, 0.3) is 10.9 Å². The number of hydrogen-bond donors (Lipinski definition) is 1. The minimum atomic E-state index is 0.776. The number of rotatable bonds is 9. The quantitative estimate of drug-likeness (QED) is 0.213. The number of halogens is 1. The van der Waals surface area contributed by atoms with Gasteiger partial charge in [0.15, 0.2) is 0 Å². The Morgan fingerprint density at radius 3 is 2.62 bits per heavy atom. The topological polar surface area (TPSA) is 46.5 Å². The molecule has 0 fully saturated rings. The SMILES string of the molecule is CCCCCCOc1ccc(/C(C)=N/Nc2cc(C)nc3ccc(Br)cc23)cc1. The fourth-order valence-corrected chi connectivity index (χ4v) is 3.50. The molecule has 0 unspecified atom stereocenters. The van der Waals surface area contributed by atoms with Gasteiger partial charge in [0.2, 0.25) is 0 Å². The van der Waals surface area contributed by atoms with Gasteiger partial charge < -0.3 is 4.74 Å². The number of pyridine rings is 1. The van der Waals surface area contributed by atoms with Gasteiger partial charge in [-0.05, 0) is 74.4 Å². The summed E-state index contributed by atoms with van der Waals surface area (Å²) in [4.78, 5) is 4.59. The number of nitrogens with zero attached hydrogens (tertiary/aromatic N) is 2. The van der Waals surface area contributed by atoms with Crippen LogP contribution >= 0.6 is 15.9 Å². The second kappa shape index (κ2) is 10.4. The van der Waals surface area contributed by atoms with Crippen LogP contribution in [0.4, 0.5) is 5.69 Å². The number of hydrazone groups is 1. The first-order chi connectivity index (χ1) is 14.1. The molecule has 29 heavy (non-hydrogen) atoms. The zero-order chi connectivity index (χ0) is 20.6. The maximum absolute atomic E-state index is 5.82. The van der Waals surface area contributed by atoms with Crippen molar-refractivity contribution >= 4 is 38.2 Å². The van der Waals surface area contributed by atoms with Crippen LogP contribution in [0.5, 0.6) is 5.75 Å². The summed E-state index contributed by atoms with van der Waals surface area (Å²) >= 11 is 3.54. The molecule has 3 aromatic rings. The summed E-state index contributed by atoms with van der Waals surface area (Å²) in [6, 6.07) is 16.2. The Balaban J connectivity index is 1.67. The molecule has 2 aromatic carbocycles. The van der Waals surface area contributed by atoms with E-state index in [4.69, 9.17) is 4.74 Å². The third-order valence-corrected chi connectivity index (χ3v) is 5.27. The van der Waals surface area contributed by atoms with Gasteiger partial charge >= 0.3 is 0 Å². The van der Waals surface area contributed by atoms with E-state index in [1.54, 1.807) is 0 Å². The summed E-state index contributed by atoms with van der Waals surface area (Å²) in [5.74, 6) is 0.909. The van der Waals surface area contributed by atoms with E-state index in [2.05, 4.69) is 44.4 Å². The third-order valence-electron chi connectivity index (χ3n) is 4.78. The first-order valence-electron chi connectivity index (χ1n) is 10.2. The van der Waals surface area contributed by atoms with Gasteiger partial charge in [0.1, 0.15) is 5.75 Å². The number of hydrogen-bond acceptors (Lipinski definition) is 4. The van der Waals surface area contributed by atoms with E-state index in [9.17, 15) is 0 Å². The van der Waals surface area contributed by atoms with Gasteiger partial charge in [0.25, 0.3) is 0 Å². The van der Waals surface area contributed by atoms with Crippen molar-refractivity contribution in [2.24, 2.45) is 5.10 Å². The number of fused-ring (bicyclic) bond motifs is 1. The number of aryl methyl sites for hydroxylation is 1. The minimum Gasteiger partial charge on any atom is -0.494 e. The molecule has 4 nitrogen and oxygen atoms in total. The number of benzene rings is 2. The molecule has 0 aliphatic heterocycles. The molecule has 0 saturated heterocycles. The molecule has 1 aromatic heterocycles. The molecule has 0 atom stereocenters. The molecular weight excluding hydrogens is 426 g/mol. The summed E-state index contributed by atoms with van der Waals surface area (Å²) in [6.07, 6.45) is 4.85. The first kappa shape index (κ1) is 21.3. The number of anilines is 1. The van der Waals surface area contributed by atoms with E-state index in [1.807, 2.05) is 56.3 Å². The number of nitrogens with one attached hydrogen (secondary N) is 1. The summed E-state index contributed by atoms with van der Waals surface area (Å²) in [5, 5.41) is 5.63. The molecule has 3 rings (SSSR count). The number of aromatic nitrogens is 1. The zero-order valence-corrected chi connectivity index (χ0v) is 18.9. The van der Waals surface area contributed by atoms with E-state index < -0.39 is 0 Å². The molecule has 5 heteroatoms. The van der Waals surface area contributed by atoms with E-state index in [1.165, 1.54) is 19.3 Å². The van der Waals surface area contributed by atoms with Crippen molar-refractivity contribution in [3.63, 3.8) is 0 Å². The second-order valence-electron chi connectivity index (χ2n) is 7.22. The molecule has 0 bridgehead atoms. The lowest BCUT2D eigenvalue weighted by Gasteiger charge is -2.10. The normalized spacial score (nSPS) is 11.7. The number of unbranched alkanes of at least 4 members (excludes halogenated alkanes) is 3. The predicted molar refractivity (Wildman–Crippen MR) is 126 cm³/mol. The standard InChI is InChI=1S/C24H28BrN3O/c1-4-5-6-7-14-29-21-11-8-19(9-12-21)18(3)27-28-24-15-17(2)26-23-13-10-20(25)16-22(23)24/h8-13,15-16H,4-7,14H2,1-3H3,(H,26,28)/b27-18+. The lowest BCUT2D eigenvalue weighted by atomic mass is 10.1. The van der Waals surface area contributed by atoms with Crippen LogP contribution in [0.1, 0.15) is 50.8 Å². The molecule has 1 N–H and O–H groups in total. The highest BCUT2D eigenvalue weighted by Crippen LogP contribution is 2.26. The molecule has 0 spiro atoms. The zero-order valence-electron chi connectivity index (χ0n) is 17.3. The largest absolute Gasteiger partial charge is 0.494 e. The predicted octanol–water partition coefficient (Wildman–Crippen LogP) is 7.10. The molecule has 152 valence electrons. The molecule has 0 radical (unpaired) electrons. The molecular formula is C24H28BrN3O. The molecule has 0 aliphatic rings. The fraction of sp³-hybridized carbons (Fsp3) is 0.333. The molecule has 0 amide bonds. The Kier molecular flexibility index (Phi) is 7.64. The summed E-state index contributed by atoms with van der Waals surface area (Å²) < 4.78 is 6.84. The van der Waals surface area contributed by atoms with Crippen molar-refractivity contribution in [3.8, 4) is 5.75 Å². The fourth-order valence-electron chi connectivity index (χ4n) is 3.14. The van der Waals surface area contributed by atoms with E-state index in [-0.39, 0.29) is 0 Å². The summed E-state index contributed by atoms with van der Waals surface area (Å²) in [7, 11) is 0. The van der Waals surface area contributed by atoms with E-state index in [0.717, 1.165) is 56.8 Å². The lowest BCUT2D eigenvalue weighted by Crippen LogP contribution is -2.02. The number of ether oxygens (including phenoxy) is 1. The van der Waals surface area contributed by atoms with Gasteiger partial charge in [-0.1, -0.05) is 42.1 Å². The highest BCUT2D eigenvalue weighted by Gasteiger charge is 2.05. The van der Waals surface area contributed by atoms with Crippen LogP contribution in [0, 0.1) is 6.92 Å². The third kappa shape index (κ3) is 6.04. The van der Waals surface area contributed by atoms with Crippen LogP contribution < -0.4 is 10.2 Å². The Hall–Kier alpha value is -2.40. The molecule has 0 aliphatic carbocycles. The Labute approximate surface area is 181 Å². The van der Waals surface area contributed by atoms with Crippen LogP contribution in [0.2, 0.25) is 0 Å². The minimum absolute atomic E-state index is 0.776. The Morgan fingerprint density at radius 2 is 1.86 bits per heavy atom. The average Bonchev–Trinajstić information content (AvgIpc) is 2.72. The Bertz CT molecular complexity index is 983. The van der Waals surface area contributed by atoms with E-state index >= 15 is 0 Å². The van der Waals surface area contributed by atoms with Crippen LogP contribution in [0.3, 0.4) is 0 Å². The van der Waals surface area contributed by atoms with Gasteiger partial charge in [0, 0.05) is 15.6 Å². The van der Waals surface area contributed by atoms with E-state index in [0.29, 0.717) is 0 Å². The van der Waals surface area contributed by atoms with Crippen molar-refractivity contribution in [2.45, 2.75) is 46.5 Å². The molecule has 0 saturated carbocycles. The maximum atomic E-state index is 5.82. The lowest BCUT2D eigenvalue weighted by molar-refractivity contribution is 0.305. The van der Waals surface area contributed by atoms with Crippen LogP contribution in [-0.2, 0) is 0 Å². The van der Waals surface area contributed by atoms with Crippen molar-refractivity contribution < 1.29 is 4.74 Å². The summed E-state index contributed by atoms with van der Waals surface area (Å²) in [6.45, 7) is 6.98. The Morgan fingerprint density at radius 1 is 1.07 bits per heavy atom. The van der Waals surface area contributed by atoms with Crippen molar-refractivity contribution in [2.75, 3.05) is 12.0 Å². The highest BCUT2D eigenvalue weighted by molar-refractivity contribution is 9.10. The van der Waals surface area contributed by atoms with Gasteiger partial charge in [-0.2, -0.15) is 5.10 Å².